The Labute approximate surface area is 81.7 Å². The van der Waals surface area contributed by atoms with Gasteiger partial charge < -0.3 is 5.73 Å². The van der Waals surface area contributed by atoms with Gasteiger partial charge in [-0.2, -0.15) is 0 Å². The first kappa shape index (κ1) is 10.1. The monoisotopic (exact) mass is 255 g/mol. The van der Waals surface area contributed by atoms with Crippen molar-refractivity contribution in [3.05, 3.63) is 20.8 Å². The van der Waals surface area contributed by atoms with Crippen LogP contribution in [0.3, 0.4) is 0 Å². The first-order valence-corrected chi connectivity index (χ1v) is 5.04. The molecule has 0 radical (unpaired) electrons. The summed E-state index contributed by atoms with van der Waals surface area (Å²) in [4.78, 5) is 0.794. The number of alkyl halides is 2. The predicted molar refractivity (Wildman–Crippen MR) is 49.6 cm³/mol. The van der Waals surface area contributed by atoms with Crippen LogP contribution in [0.15, 0.2) is 15.9 Å². The molecular formula is C7H8BrF2NS. The van der Waals surface area contributed by atoms with Crippen LogP contribution in [0.1, 0.15) is 17.3 Å². The van der Waals surface area contributed by atoms with Gasteiger partial charge in [0.15, 0.2) is 0 Å². The molecular weight excluding hydrogens is 248 g/mol. The molecule has 0 amide bonds. The summed E-state index contributed by atoms with van der Waals surface area (Å²) in [5, 5.41) is 1.83. The van der Waals surface area contributed by atoms with Crippen molar-refractivity contribution in [2.75, 3.05) is 0 Å². The minimum absolute atomic E-state index is 0.271. The molecule has 2 N–H and O–H groups in total. The second-order valence-corrected chi connectivity index (χ2v) is 4.26. The number of rotatable bonds is 3. The Balaban J connectivity index is 2.58. The van der Waals surface area contributed by atoms with Crippen LogP contribution in [0.5, 0.6) is 0 Å². The van der Waals surface area contributed by atoms with Crippen LogP contribution in [-0.4, -0.2) is 6.43 Å². The Morgan fingerprint density at radius 3 is 2.67 bits per heavy atom. The molecule has 0 aliphatic heterocycles. The third-order valence-corrected chi connectivity index (χ3v) is 3.21. The van der Waals surface area contributed by atoms with Crippen molar-refractivity contribution in [3.63, 3.8) is 0 Å². The Morgan fingerprint density at radius 2 is 2.25 bits per heavy atom. The summed E-state index contributed by atoms with van der Waals surface area (Å²) < 4.78 is 24.7. The predicted octanol–water partition coefficient (Wildman–Crippen LogP) is 3.17. The zero-order chi connectivity index (χ0) is 9.14. The van der Waals surface area contributed by atoms with E-state index in [4.69, 9.17) is 5.73 Å². The molecule has 5 heteroatoms. The lowest BCUT2D eigenvalue weighted by molar-refractivity contribution is 0.129. The number of hydrogen-bond acceptors (Lipinski definition) is 2. The first-order valence-electron chi connectivity index (χ1n) is 3.37. The molecule has 0 saturated heterocycles. The Kier molecular flexibility index (Phi) is 3.61. The maximum absolute atomic E-state index is 11.9. The van der Waals surface area contributed by atoms with Gasteiger partial charge in [0.25, 0.3) is 0 Å². The van der Waals surface area contributed by atoms with Crippen LogP contribution in [0, 0.1) is 0 Å². The molecule has 0 aliphatic rings. The van der Waals surface area contributed by atoms with E-state index in [-0.39, 0.29) is 6.42 Å². The Bertz CT molecular complexity index is 251. The van der Waals surface area contributed by atoms with Gasteiger partial charge >= 0.3 is 0 Å². The van der Waals surface area contributed by atoms with E-state index < -0.39 is 12.5 Å². The fourth-order valence-corrected chi connectivity index (χ4v) is 2.29. The molecule has 1 nitrogen and oxygen atoms in total. The van der Waals surface area contributed by atoms with Crippen LogP contribution < -0.4 is 5.73 Å². The molecule has 68 valence electrons. The molecule has 1 heterocycles. The molecule has 1 atom stereocenters. The van der Waals surface area contributed by atoms with Gasteiger partial charge in [-0.25, -0.2) is 8.78 Å². The van der Waals surface area contributed by atoms with E-state index >= 15 is 0 Å². The highest BCUT2D eigenvalue weighted by Gasteiger charge is 2.14. The number of hydrogen-bond donors (Lipinski definition) is 1. The summed E-state index contributed by atoms with van der Waals surface area (Å²) in [6, 6.07) is 1.24. The van der Waals surface area contributed by atoms with Gasteiger partial charge in [-0.3, -0.25) is 0 Å². The summed E-state index contributed by atoms with van der Waals surface area (Å²) in [5.74, 6) is 0. The molecule has 0 aliphatic carbocycles. The lowest BCUT2D eigenvalue weighted by Crippen LogP contribution is -2.12. The summed E-state index contributed by atoms with van der Waals surface area (Å²) in [6.45, 7) is 0. The molecule has 0 aromatic carbocycles. The number of halogens is 3. The van der Waals surface area contributed by atoms with E-state index in [0.717, 1.165) is 9.35 Å². The van der Waals surface area contributed by atoms with E-state index in [9.17, 15) is 8.78 Å². The molecule has 0 unspecified atom stereocenters. The highest BCUT2D eigenvalue weighted by Crippen LogP contribution is 2.27. The van der Waals surface area contributed by atoms with Crippen molar-refractivity contribution in [1.29, 1.82) is 0 Å². The van der Waals surface area contributed by atoms with E-state index in [1.54, 1.807) is 6.07 Å². The maximum Gasteiger partial charge on any atom is 0.240 e. The fourth-order valence-electron chi connectivity index (χ4n) is 0.831. The molecule has 12 heavy (non-hydrogen) atoms. The average molecular weight is 256 g/mol. The molecule has 1 rings (SSSR count). The van der Waals surface area contributed by atoms with E-state index in [1.807, 2.05) is 5.38 Å². The van der Waals surface area contributed by atoms with Crippen LogP contribution >= 0.6 is 27.3 Å². The fraction of sp³-hybridized carbons (Fsp3) is 0.429. The molecule has 0 fully saturated rings. The molecule has 0 bridgehead atoms. The number of nitrogens with two attached hydrogens (primary N) is 1. The van der Waals surface area contributed by atoms with E-state index in [0.29, 0.717) is 0 Å². The van der Waals surface area contributed by atoms with Crippen LogP contribution in [0.4, 0.5) is 8.78 Å². The van der Waals surface area contributed by atoms with E-state index in [2.05, 4.69) is 15.9 Å². The third kappa shape index (κ3) is 2.80. The van der Waals surface area contributed by atoms with Gasteiger partial charge in [0.05, 0.1) is 0 Å². The van der Waals surface area contributed by atoms with Crippen molar-refractivity contribution in [3.8, 4) is 0 Å². The van der Waals surface area contributed by atoms with Crippen LogP contribution in [-0.2, 0) is 0 Å². The first-order chi connectivity index (χ1) is 5.59. The van der Waals surface area contributed by atoms with Gasteiger partial charge in [0.1, 0.15) is 0 Å². The lowest BCUT2D eigenvalue weighted by atomic mass is 10.2. The average Bonchev–Trinajstić information content (AvgIpc) is 2.34. The van der Waals surface area contributed by atoms with Crippen LogP contribution in [0.25, 0.3) is 0 Å². The zero-order valence-electron chi connectivity index (χ0n) is 6.14. The Morgan fingerprint density at radius 1 is 1.58 bits per heavy atom. The van der Waals surface area contributed by atoms with Gasteiger partial charge in [-0.15, -0.1) is 11.3 Å². The summed E-state index contributed by atoms with van der Waals surface area (Å²) >= 11 is 4.63. The summed E-state index contributed by atoms with van der Waals surface area (Å²) in [5.41, 5.74) is 5.52. The Hall–Kier alpha value is -0.0000000000000000833. The highest BCUT2D eigenvalue weighted by molar-refractivity contribution is 9.10. The summed E-state index contributed by atoms with van der Waals surface area (Å²) in [7, 11) is 0. The van der Waals surface area contributed by atoms with Crippen LogP contribution in [0.2, 0.25) is 0 Å². The second-order valence-electron chi connectivity index (χ2n) is 2.40. The molecule has 1 aromatic heterocycles. The normalized spacial score (nSPS) is 13.8. The minimum atomic E-state index is -2.33. The van der Waals surface area contributed by atoms with Crippen molar-refractivity contribution >= 4 is 27.3 Å². The molecule has 1 aromatic rings. The third-order valence-electron chi connectivity index (χ3n) is 1.39. The van der Waals surface area contributed by atoms with Gasteiger partial charge in [-0.1, -0.05) is 0 Å². The van der Waals surface area contributed by atoms with Gasteiger partial charge in [0, 0.05) is 27.2 Å². The molecule has 0 saturated carbocycles. The SMILES string of the molecule is N[C@H](CC(F)F)c1cc(Br)cs1. The van der Waals surface area contributed by atoms with Gasteiger partial charge in [0.2, 0.25) is 6.43 Å². The lowest BCUT2D eigenvalue weighted by Gasteiger charge is -2.07. The smallest absolute Gasteiger partial charge is 0.240 e. The standard InChI is InChI=1S/C7H8BrF2NS/c8-4-1-6(12-3-4)5(11)2-7(9)10/h1,3,5,7H,2,11H2/t5-/m1/s1. The van der Waals surface area contributed by atoms with Gasteiger partial charge in [-0.05, 0) is 22.0 Å². The zero-order valence-corrected chi connectivity index (χ0v) is 8.54. The maximum atomic E-state index is 11.9. The summed E-state index contributed by atoms with van der Waals surface area (Å²) in [6.07, 6.45) is -2.60. The van der Waals surface area contributed by atoms with Crippen molar-refractivity contribution < 1.29 is 8.78 Å². The van der Waals surface area contributed by atoms with Crippen molar-refractivity contribution in [2.45, 2.75) is 18.9 Å². The van der Waals surface area contributed by atoms with Crippen molar-refractivity contribution in [2.24, 2.45) is 5.73 Å². The second kappa shape index (κ2) is 4.30. The van der Waals surface area contributed by atoms with Crippen molar-refractivity contribution in [1.82, 2.24) is 0 Å². The minimum Gasteiger partial charge on any atom is -0.323 e. The highest BCUT2D eigenvalue weighted by atomic mass is 79.9. The van der Waals surface area contributed by atoms with E-state index in [1.165, 1.54) is 11.3 Å². The quantitative estimate of drug-likeness (QED) is 0.883. The largest absolute Gasteiger partial charge is 0.323 e. The topological polar surface area (TPSA) is 26.0 Å². The molecule has 0 spiro atoms. The number of thiophene rings is 1.